The number of nitrogens with one attached hydrogen (secondary N) is 1. The van der Waals surface area contributed by atoms with Crippen molar-refractivity contribution in [2.75, 3.05) is 5.32 Å². The predicted molar refractivity (Wildman–Crippen MR) is 128 cm³/mol. The first-order chi connectivity index (χ1) is 14.0. The molecule has 2 atom stereocenters. The van der Waals surface area contributed by atoms with E-state index in [4.69, 9.17) is 4.74 Å². The number of ether oxygens (including phenoxy) is 1. The number of fused-ring (bicyclic) bond motifs is 2. The molecule has 164 valence electrons. The van der Waals surface area contributed by atoms with Gasteiger partial charge in [-0.3, -0.25) is 9.78 Å². The maximum atomic E-state index is 13.0. The summed E-state index contributed by atoms with van der Waals surface area (Å²) in [4.78, 5) is 25.5. The summed E-state index contributed by atoms with van der Waals surface area (Å²) in [5, 5.41) is 15.2. The Balaban J connectivity index is 0.00000171. The van der Waals surface area contributed by atoms with Gasteiger partial charge in [-0.05, 0) is 26.0 Å². The highest BCUT2D eigenvalue weighted by Gasteiger charge is 2.18. The highest BCUT2D eigenvalue weighted by atomic mass is 35.5. The molecule has 2 unspecified atom stereocenters. The van der Waals surface area contributed by atoms with Crippen LogP contribution in [0, 0.1) is 0 Å². The third-order valence-electron chi connectivity index (χ3n) is 4.44. The van der Waals surface area contributed by atoms with Crippen LogP contribution in [0.15, 0.2) is 48.4 Å². The van der Waals surface area contributed by atoms with Crippen molar-refractivity contribution < 1.29 is 14.6 Å². The van der Waals surface area contributed by atoms with Crippen LogP contribution in [0.2, 0.25) is 0 Å². The van der Waals surface area contributed by atoms with Crippen LogP contribution >= 0.6 is 36.2 Å². The zero-order chi connectivity index (χ0) is 20.4. The summed E-state index contributed by atoms with van der Waals surface area (Å²) in [5.74, 6) is 0.234. The van der Waals surface area contributed by atoms with Crippen LogP contribution in [0.25, 0.3) is 21.1 Å². The highest BCUT2D eigenvalue weighted by Crippen LogP contribution is 2.32. The number of nitrogens with zero attached hydrogens (tertiary/aromatic N) is 3. The molecule has 0 aliphatic carbocycles. The molecule has 10 heteroatoms. The number of hydrogen-bond acceptors (Lipinski definition) is 7. The van der Waals surface area contributed by atoms with E-state index in [1.807, 2.05) is 25.1 Å². The van der Waals surface area contributed by atoms with E-state index >= 15 is 0 Å². The fourth-order valence-electron chi connectivity index (χ4n) is 3.18. The van der Waals surface area contributed by atoms with Gasteiger partial charge >= 0.3 is 0 Å². The van der Waals surface area contributed by atoms with E-state index in [-0.39, 0.29) is 36.8 Å². The number of benzene rings is 1. The molecule has 0 aliphatic rings. The first-order valence-corrected chi connectivity index (χ1v) is 10.1. The number of aliphatic hydroxyl groups excluding tert-OH is 1. The Morgan fingerprint density at radius 1 is 1.26 bits per heavy atom. The predicted octanol–water partition coefficient (Wildman–Crippen LogP) is 4.87. The second-order valence-corrected chi connectivity index (χ2v) is 7.81. The average molecular weight is 481 g/mol. The standard InChI is InChI=1S/C21H20N4O3S.2ClH/c1-12(26)6-13(2)28-18-8-16-14(4-3-5-23-16)7-17(18)25-21(27)15-10-29-19-9-22-11-24-20(15)19;;/h3-5,7-13,26H,6H2,1-2H3,(H,25,27);2*1H. The SMILES string of the molecule is CC(O)CC(C)Oc1cc2ncccc2cc1NC(=O)c1csc2cncnc12.Cl.Cl. The Labute approximate surface area is 195 Å². The molecule has 0 bridgehead atoms. The summed E-state index contributed by atoms with van der Waals surface area (Å²) in [5.41, 5.74) is 2.41. The smallest absolute Gasteiger partial charge is 0.258 e. The first-order valence-electron chi connectivity index (χ1n) is 9.23. The fraction of sp³-hybridized carbons (Fsp3) is 0.238. The molecule has 0 saturated carbocycles. The number of carbonyl (C=O) groups excluding carboxylic acids is 1. The number of amides is 1. The van der Waals surface area contributed by atoms with Crippen molar-refractivity contribution in [1.82, 2.24) is 15.0 Å². The van der Waals surface area contributed by atoms with E-state index in [1.54, 1.807) is 30.8 Å². The third kappa shape index (κ3) is 5.59. The highest BCUT2D eigenvalue weighted by molar-refractivity contribution is 7.17. The van der Waals surface area contributed by atoms with Gasteiger partial charge in [0.2, 0.25) is 0 Å². The van der Waals surface area contributed by atoms with Gasteiger partial charge < -0.3 is 15.2 Å². The van der Waals surface area contributed by atoms with Gasteiger partial charge in [-0.1, -0.05) is 6.07 Å². The molecule has 0 saturated heterocycles. The number of halogens is 2. The molecule has 1 amide bonds. The molecule has 3 heterocycles. The molecular weight excluding hydrogens is 459 g/mol. The molecule has 4 rings (SSSR count). The number of aliphatic hydroxyl groups is 1. The van der Waals surface area contributed by atoms with Gasteiger partial charge in [0.25, 0.3) is 5.91 Å². The van der Waals surface area contributed by atoms with Crippen molar-refractivity contribution in [3.8, 4) is 5.75 Å². The molecule has 31 heavy (non-hydrogen) atoms. The largest absolute Gasteiger partial charge is 0.488 e. The van der Waals surface area contributed by atoms with Crippen LogP contribution < -0.4 is 10.1 Å². The normalized spacial score (nSPS) is 12.5. The number of aromatic nitrogens is 3. The van der Waals surface area contributed by atoms with Gasteiger partial charge in [-0.2, -0.15) is 0 Å². The van der Waals surface area contributed by atoms with Gasteiger partial charge in [0.05, 0.1) is 39.2 Å². The Morgan fingerprint density at radius 3 is 2.84 bits per heavy atom. The number of thiophene rings is 1. The minimum atomic E-state index is -0.488. The van der Waals surface area contributed by atoms with Gasteiger partial charge in [-0.15, -0.1) is 36.2 Å². The number of anilines is 1. The lowest BCUT2D eigenvalue weighted by Gasteiger charge is -2.19. The minimum Gasteiger partial charge on any atom is -0.488 e. The van der Waals surface area contributed by atoms with Crippen LogP contribution in [0.3, 0.4) is 0 Å². The Bertz CT molecular complexity index is 1190. The van der Waals surface area contributed by atoms with Gasteiger partial charge in [0.15, 0.2) is 0 Å². The second-order valence-electron chi connectivity index (χ2n) is 6.90. The third-order valence-corrected chi connectivity index (χ3v) is 5.34. The van der Waals surface area contributed by atoms with Crippen molar-refractivity contribution in [1.29, 1.82) is 0 Å². The maximum Gasteiger partial charge on any atom is 0.258 e. The Hall–Kier alpha value is -2.52. The Kier molecular flexibility index (Phi) is 8.52. The number of carbonyl (C=O) groups is 1. The van der Waals surface area contributed by atoms with Crippen LogP contribution in [-0.2, 0) is 0 Å². The second kappa shape index (κ2) is 10.7. The lowest BCUT2D eigenvalue weighted by Crippen LogP contribution is -2.20. The van der Waals surface area contributed by atoms with Crippen molar-refractivity contribution in [3.63, 3.8) is 0 Å². The molecule has 0 spiro atoms. The van der Waals surface area contributed by atoms with Gasteiger partial charge in [0, 0.05) is 35.6 Å². The number of rotatable bonds is 6. The van der Waals surface area contributed by atoms with E-state index in [1.165, 1.54) is 17.7 Å². The van der Waals surface area contributed by atoms with E-state index in [2.05, 4.69) is 20.3 Å². The molecule has 7 nitrogen and oxygen atoms in total. The average Bonchev–Trinajstić information content (AvgIpc) is 3.12. The topological polar surface area (TPSA) is 97.2 Å². The summed E-state index contributed by atoms with van der Waals surface area (Å²) in [7, 11) is 0. The number of pyridine rings is 1. The zero-order valence-electron chi connectivity index (χ0n) is 16.8. The van der Waals surface area contributed by atoms with E-state index in [9.17, 15) is 9.90 Å². The summed E-state index contributed by atoms with van der Waals surface area (Å²) < 4.78 is 6.88. The summed E-state index contributed by atoms with van der Waals surface area (Å²) in [6.45, 7) is 3.60. The lowest BCUT2D eigenvalue weighted by atomic mass is 10.1. The summed E-state index contributed by atoms with van der Waals surface area (Å²) in [6, 6.07) is 7.41. The van der Waals surface area contributed by atoms with Crippen LogP contribution in [0.4, 0.5) is 5.69 Å². The van der Waals surface area contributed by atoms with Crippen molar-refractivity contribution in [2.24, 2.45) is 0 Å². The number of hydrogen-bond donors (Lipinski definition) is 2. The molecule has 0 aliphatic heterocycles. The van der Waals surface area contributed by atoms with Gasteiger partial charge in [0.1, 0.15) is 12.1 Å². The van der Waals surface area contributed by atoms with Crippen molar-refractivity contribution in [3.05, 3.63) is 53.9 Å². The molecule has 3 aromatic heterocycles. The van der Waals surface area contributed by atoms with E-state index in [0.29, 0.717) is 28.9 Å². The van der Waals surface area contributed by atoms with E-state index in [0.717, 1.165) is 15.6 Å². The van der Waals surface area contributed by atoms with Gasteiger partial charge in [-0.25, -0.2) is 9.97 Å². The lowest BCUT2D eigenvalue weighted by molar-refractivity contribution is 0.102. The molecule has 2 N–H and O–H groups in total. The molecular formula is C21H22Cl2N4O3S. The first kappa shape index (κ1) is 24.7. The quantitative estimate of drug-likeness (QED) is 0.408. The van der Waals surface area contributed by atoms with Crippen molar-refractivity contribution >= 4 is 68.9 Å². The molecule has 4 aromatic rings. The summed E-state index contributed by atoms with van der Waals surface area (Å²) >= 11 is 1.42. The van der Waals surface area contributed by atoms with Crippen LogP contribution in [-0.4, -0.2) is 38.2 Å². The maximum absolute atomic E-state index is 13.0. The zero-order valence-corrected chi connectivity index (χ0v) is 19.3. The van der Waals surface area contributed by atoms with E-state index < -0.39 is 6.10 Å². The minimum absolute atomic E-state index is 0. The Morgan fingerprint density at radius 2 is 2.06 bits per heavy atom. The molecule has 0 fully saturated rings. The van der Waals surface area contributed by atoms with Crippen LogP contribution in [0.5, 0.6) is 5.75 Å². The molecule has 1 aromatic carbocycles. The molecule has 0 radical (unpaired) electrons. The van der Waals surface area contributed by atoms with Crippen molar-refractivity contribution in [2.45, 2.75) is 32.5 Å². The fourth-order valence-corrected chi connectivity index (χ4v) is 4.04. The monoisotopic (exact) mass is 480 g/mol. The van der Waals surface area contributed by atoms with Crippen LogP contribution in [0.1, 0.15) is 30.6 Å². The summed E-state index contributed by atoms with van der Waals surface area (Å²) in [6.07, 6.45) is 4.58.